The zero-order valence-corrected chi connectivity index (χ0v) is 19.7. The minimum atomic E-state index is -1.00. The largest absolute Gasteiger partial charge is 0.483 e. The van der Waals surface area contributed by atoms with Gasteiger partial charge in [-0.15, -0.1) is 0 Å². The first-order valence-corrected chi connectivity index (χ1v) is 11.9. The van der Waals surface area contributed by atoms with Crippen molar-refractivity contribution in [3.05, 3.63) is 54.2 Å². The molecule has 9 nitrogen and oxygen atoms in total. The van der Waals surface area contributed by atoms with Crippen molar-refractivity contribution in [2.75, 3.05) is 31.2 Å². The van der Waals surface area contributed by atoms with Crippen LogP contribution in [-0.4, -0.2) is 62.6 Å². The molecule has 1 fully saturated rings. The molecule has 3 heterocycles. The monoisotopic (exact) mass is 477 g/mol. The standard InChI is InChI=1S/C26H31N5O4/c1-26(14-32,15-33)24(35-18-6-8-19-21(13-18)30-25(34)29-19)20-7-5-16-3-2-4-22(23(16)28-20)31-11-9-17(27)10-12-31/h2-8,13,17,24,32-33H,9-12,14-15,27H2,1H3,(H2,29,30,34). The van der Waals surface area contributed by atoms with Gasteiger partial charge in [-0.25, -0.2) is 4.98 Å². The Morgan fingerprint density at radius 1 is 1.11 bits per heavy atom. The molecule has 1 atom stereocenters. The number of nitrogens with one attached hydrogen (secondary N) is 1. The first-order valence-electron chi connectivity index (χ1n) is 11.9. The Kier molecular flexibility index (Phi) is 6.22. The molecule has 5 rings (SSSR count). The number of hydrogen-bond donors (Lipinski definition) is 5. The quantitative estimate of drug-likeness (QED) is 0.274. The van der Waals surface area contributed by atoms with Gasteiger partial charge < -0.3 is 35.7 Å². The van der Waals surface area contributed by atoms with Crippen LogP contribution in [-0.2, 0) is 0 Å². The summed E-state index contributed by atoms with van der Waals surface area (Å²) in [7, 11) is 0. The molecule has 35 heavy (non-hydrogen) atoms. The second kappa shape index (κ2) is 9.33. The van der Waals surface area contributed by atoms with Gasteiger partial charge in [0.15, 0.2) is 6.10 Å². The molecule has 0 bridgehead atoms. The van der Waals surface area contributed by atoms with Gasteiger partial charge in [-0.1, -0.05) is 25.1 Å². The normalized spacial score (nSPS) is 16.2. The lowest BCUT2D eigenvalue weighted by Crippen LogP contribution is -2.40. The van der Waals surface area contributed by atoms with Crippen molar-refractivity contribution in [1.29, 1.82) is 0 Å². The fourth-order valence-electron chi connectivity index (χ4n) is 4.65. The summed E-state index contributed by atoms with van der Waals surface area (Å²) in [6, 6.07) is 15.3. The smallest absolute Gasteiger partial charge is 0.292 e. The number of aliphatic hydroxyl groups excluding tert-OH is 2. The molecule has 1 saturated heterocycles. The Balaban J connectivity index is 1.56. The number of aromatic hydroxyl groups is 1. The number of hydrogen-bond acceptors (Lipinski definition) is 8. The molecule has 184 valence electrons. The maximum Gasteiger partial charge on any atom is 0.292 e. The Morgan fingerprint density at radius 2 is 1.89 bits per heavy atom. The van der Waals surface area contributed by atoms with Gasteiger partial charge in [0.1, 0.15) is 5.75 Å². The number of aliphatic hydroxyl groups is 2. The Labute approximate surface area is 203 Å². The van der Waals surface area contributed by atoms with Crippen molar-refractivity contribution in [3.8, 4) is 11.8 Å². The van der Waals surface area contributed by atoms with Crippen LogP contribution in [0.25, 0.3) is 21.9 Å². The molecule has 1 aliphatic heterocycles. The number of piperidine rings is 1. The minimum Gasteiger partial charge on any atom is -0.483 e. The van der Waals surface area contributed by atoms with E-state index in [4.69, 9.17) is 15.5 Å². The van der Waals surface area contributed by atoms with Crippen LogP contribution in [0, 0.1) is 5.41 Å². The van der Waals surface area contributed by atoms with Crippen LogP contribution in [0.3, 0.4) is 0 Å². The highest BCUT2D eigenvalue weighted by Gasteiger charge is 2.38. The number of H-pyrrole nitrogens is 1. The van der Waals surface area contributed by atoms with Crippen molar-refractivity contribution >= 4 is 27.6 Å². The molecule has 0 amide bonds. The summed E-state index contributed by atoms with van der Waals surface area (Å²) in [4.78, 5) is 14.2. The second-order valence-electron chi connectivity index (χ2n) is 9.62. The number of ether oxygens (including phenoxy) is 1. The molecule has 0 spiro atoms. The summed E-state index contributed by atoms with van der Waals surface area (Å²) in [6.07, 6.45) is 1.12. The van der Waals surface area contributed by atoms with Gasteiger partial charge in [0.05, 0.1) is 46.6 Å². The van der Waals surface area contributed by atoms with Crippen LogP contribution >= 0.6 is 0 Å². The topological polar surface area (TPSA) is 141 Å². The lowest BCUT2D eigenvalue weighted by Gasteiger charge is -2.35. The van der Waals surface area contributed by atoms with Crippen molar-refractivity contribution in [2.24, 2.45) is 11.1 Å². The van der Waals surface area contributed by atoms with E-state index in [0.29, 0.717) is 22.5 Å². The highest BCUT2D eigenvalue weighted by Crippen LogP contribution is 2.39. The molecule has 4 aromatic rings. The lowest BCUT2D eigenvalue weighted by atomic mass is 9.83. The molecular weight excluding hydrogens is 446 g/mol. The highest BCUT2D eigenvalue weighted by atomic mass is 16.5. The SMILES string of the molecule is CC(CO)(CO)C(Oc1ccc2[nH]c(O)nc2c1)c1ccc2cccc(N3CCC(N)CC3)c2n1. The lowest BCUT2D eigenvalue weighted by molar-refractivity contribution is -0.0307. The molecule has 9 heteroatoms. The summed E-state index contributed by atoms with van der Waals surface area (Å²) >= 11 is 0. The van der Waals surface area contributed by atoms with Crippen LogP contribution in [0.15, 0.2) is 48.5 Å². The maximum atomic E-state index is 10.2. The van der Waals surface area contributed by atoms with Crippen molar-refractivity contribution < 1.29 is 20.1 Å². The van der Waals surface area contributed by atoms with Gasteiger partial charge in [0.2, 0.25) is 0 Å². The second-order valence-corrected chi connectivity index (χ2v) is 9.62. The molecule has 0 radical (unpaired) electrons. The number of rotatable bonds is 7. The summed E-state index contributed by atoms with van der Waals surface area (Å²) < 4.78 is 6.37. The summed E-state index contributed by atoms with van der Waals surface area (Å²) in [6.45, 7) is 2.90. The fraction of sp³-hybridized carbons (Fsp3) is 0.385. The van der Waals surface area contributed by atoms with Gasteiger partial charge in [0.25, 0.3) is 6.01 Å². The molecule has 6 N–H and O–H groups in total. The van der Waals surface area contributed by atoms with Gasteiger partial charge >= 0.3 is 0 Å². The van der Waals surface area contributed by atoms with Crippen LogP contribution in [0.5, 0.6) is 11.8 Å². The summed E-state index contributed by atoms with van der Waals surface area (Å²) in [5.74, 6) is 0.488. The summed E-state index contributed by atoms with van der Waals surface area (Å²) in [5.41, 5.74) is 8.82. The Bertz CT molecular complexity index is 1330. The van der Waals surface area contributed by atoms with Gasteiger partial charge in [-0.2, -0.15) is 4.98 Å². The van der Waals surface area contributed by atoms with Crippen LogP contribution in [0.4, 0.5) is 5.69 Å². The molecule has 1 unspecified atom stereocenters. The van der Waals surface area contributed by atoms with Gasteiger partial charge in [0, 0.05) is 30.6 Å². The average molecular weight is 478 g/mol. The number of para-hydroxylation sites is 1. The summed E-state index contributed by atoms with van der Waals surface area (Å²) in [5, 5.41) is 31.1. The van der Waals surface area contributed by atoms with Gasteiger partial charge in [-0.3, -0.25) is 0 Å². The Morgan fingerprint density at radius 3 is 2.63 bits per heavy atom. The van der Waals surface area contributed by atoms with Crippen LogP contribution < -0.4 is 15.4 Å². The highest BCUT2D eigenvalue weighted by molar-refractivity contribution is 5.91. The van der Waals surface area contributed by atoms with E-state index in [-0.39, 0.29) is 25.3 Å². The number of aromatic nitrogens is 3. The number of nitrogens with two attached hydrogens (primary N) is 1. The first kappa shape index (κ1) is 23.3. The predicted octanol–water partition coefficient (Wildman–Crippen LogP) is 2.86. The number of aromatic amines is 1. The van der Waals surface area contributed by atoms with Crippen molar-refractivity contribution in [1.82, 2.24) is 15.0 Å². The van der Waals surface area contributed by atoms with E-state index in [1.807, 2.05) is 24.3 Å². The van der Waals surface area contributed by atoms with E-state index in [1.54, 1.807) is 25.1 Å². The number of pyridine rings is 1. The third-order valence-corrected chi connectivity index (χ3v) is 6.92. The molecular formula is C26H31N5O4. The molecule has 2 aromatic heterocycles. The number of anilines is 1. The van der Waals surface area contributed by atoms with Crippen molar-refractivity contribution in [3.63, 3.8) is 0 Å². The van der Waals surface area contributed by atoms with E-state index in [9.17, 15) is 15.3 Å². The number of nitrogens with zero attached hydrogens (tertiary/aromatic N) is 3. The van der Waals surface area contributed by atoms with E-state index < -0.39 is 11.5 Å². The third kappa shape index (κ3) is 4.50. The third-order valence-electron chi connectivity index (χ3n) is 6.92. The van der Waals surface area contributed by atoms with E-state index in [0.717, 1.165) is 42.5 Å². The number of benzene rings is 2. The number of imidazole rings is 1. The Hall–Kier alpha value is -3.40. The van der Waals surface area contributed by atoms with E-state index >= 15 is 0 Å². The molecule has 1 aliphatic rings. The minimum absolute atomic E-state index is 0.174. The van der Waals surface area contributed by atoms with Crippen molar-refractivity contribution in [2.45, 2.75) is 31.9 Å². The predicted molar refractivity (Wildman–Crippen MR) is 135 cm³/mol. The molecule has 0 saturated carbocycles. The zero-order valence-electron chi connectivity index (χ0n) is 19.7. The van der Waals surface area contributed by atoms with Crippen LogP contribution in [0.2, 0.25) is 0 Å². The zero-order chi connectivity index (χ0) is 24.6. The molecule has 2 aromatic carbocycles. The van der Waals surface area contributed by atoms with Gasteiger partial charge in [-0.05, 0) is 37.1 Å². The van der Waals surface area contributed by atoms with E-state index in [2.05, 4.69) is 20.9 Å². The maximum absolute atomic E-state index is 10.2. The average Bonchev–Trinajstić information content (AvgIpc) is 3.26. The van der Waals surface area contributed by atoms with E-state index in [1.165, 1.54) is 0 Å². The first-order chi connectivity index (χ1) is 16.9. The fourth-order valence-corrected chi connectivity index (χ4v) is 4.65. The number of fused-ring (bicyclic) bond motifs is 2. The molecule has 0 aliphatic carbocycles. The van der Waals surface area contributed by atoms with Crippen LogP contribution in [0.1, 0.15) is 31.6 Å².